The molecule has 1 aliphatic heterocycles. The minimum absolute atomic E-state index is 0.0652. The number of nitrogens with two attached hydrogens (primary N) is 1. The van der Waals surface area contributed by atoms with Gasteiger partial charge in [-0.05, 0) is 18.4 Å². The van der Waals surface area contributed by atoms with Crippen molar-refractivity contribution in [3.63, 3.8) is 0 Å². The number of rotatable bonds is 5. The van der Waals surface area contributed by atoms with Crippen LogP contribution >= 0.6 is 11.8 Å². The fourth-order valence-corrected chi connectivity index (χ4v) is 2.19. The van der Waals surface area contributed by atoms with Gasteiger partial charge in [-0.15, -0.1) is 0 Å². The van der Waals surface area contributed by atoms with Gasteiger partial charge in [0.25, 0.3) is 0 Å². The predicted octanol–water partition coefficient (Wildman–Crippen LogP) is -0.501. The molecule has 14 heavy (non-hydrogen) atoms. The first-order valence-electron chi connectivity index (χ1n) is 4.98. The van der Waals surface area contributed by atoms with Crippen molar-refractivity contribution in [3.8, 4) is 0 Å². The summed E-state index contributed by atoms with van der Waals surface area (Å²) in [4.78, 5) is 13.4. The molecular formula is C9H19N3OS. The van der Waals surface area contributed by atoms with Gasteiger partial charge in [0.05, 0.1) is 6.04 Å². The fraction of sp³-hybridized carbons (Fsp3) is 0.889. The summed E-state index contributed by atoms with van der Waals surface area (Å²) >= 11 is 1.76. The summed E-state index contributed by atoms with van der Waals surface area (Å²) in [7, 11) is 0. The second-order valence-electron chi connectivity index (χ2n) is 3.49. The molecule has 0 radical (unpaired) electrons. The molecule has 0 aromatic rings. The number of nitrogens with one attached hydrogen (secondary N) is 1. The first-order chi connectivity index (χ1) is 6.75. The molecule has 0 aromatic heterocycles. The monoisotopic (exact) mass is 217 g/mol. The van der Waals surface area contributed by atoms with Crippen LogP contribution in [0.3, 0.4) is 0 Å². The van der Waals surface area contributed by atoms with Crippen molar-refractivity contribution in [1.82, 2.24) is 10.2 Å². The number of piperazine rings is 1. The van der Waals surface area contributed by atoms with Crippen molar-refractivity contribution in [2.75, 3.05) is 38.2 Å². The van der Waals surface area contributed by atoms with Crippen LogP contribution in [0, 0.1) is 0 Å². The Bertz CT molecular complexity index is 183. The lowest BCUT2D eigenvalue weighted by Gasteiger charge is -2.32. The maximum Gasteiger partial charge on any atom is 0.234 e. The van der Waals surface area contributed by atoms with Gasteiger partial charge in [0, 0.05) is 26.2 Å². The molecule has 0 spiro atoms. The maximum atomic E-state index is 11.3. The number of carbonyl (C=O) groups is 1. The SMILES string of the molecule is CSCCC(C(N)=O)N1CCNCC1. The molecule has 1 saturated heterocycles. The highest BCUT2D eigenvalue weighted by atomic mass is 32.2. The molecule has 1 rings (SSSR count). The van der Waals surface area contributed by atoms with E-state index in [9.17, 15) is 4.79 Å². The van der Waals surface area contributed by atoms with Gasteiger partial charge < -0.3 is 11.1 Å². The number of carbonyl (C=O) groups excluding carboxylic acids is 1. The van der Waals surface area contributed by atoms with Crippen LogP contribution < -0.4 is 11.1 Å². The molecule has 1 amide bonds. The van der Waals surface area contributed by atoms with E-state index in [1.807, 2.05) is 0 Å². The van der Waals surface area contributed by atoms with Crippen LogP contribution in [0.4, 0.5) is 0 Å². The Morgan fingerprint density at radius 1 is 1.57 bits per heavy atom. The molecule has 0 bridgehead atoms. The lowest BCUT2D eigenvalue weighted by atomic mass is 10.1. The normalized spacial score (nSPS) is 20.6. The molecule has 1 heterocycles. The number of amides is 1. The molecular weight excluding hydrogens is 198 g/mol. The van der Waals surface area contributed by atoms with Gasteiger partial charge in [0.1, 0.15) is 0 Å². The molecule has 5 heteroatoms. The molecule has 1 atom stereocenters. The van der Waals surface area contributed by atoms with E-state index in [0.29, 0.717) is 0 Å². The Kier molecular flexibility index (Phi) is 5.29. The van der Waals surface area contributed by atoms with Gasteiger partial charge in [-0.1, -0.05) is 0 Å². The Labute approximate surface area is 89.6 Å². The van der Waals surface area contributed by atoms with E-state index in [2.05, 4.69) is 16.5 Å². The van der Waals surface area contributed by atoms with Crippen LogP contribution in [0.1, 0.15) is 6.42 Å². The Morgan fingerprint density at radius 3 is 2.71 bits per heavy atom. The number of hydrogen-bond acceptors (Lipinski definition) is 4. The number of nitrogens with zero attached hydrogens (tertiary/aromatic N) is 1. The molecule has 3 N–H and O–H groups in total. The zero-order valence-electron chi connectivity index (χ0n) is 8.66. The van der Waals surface area contributed by atoms with Crippen molar-refractivity contribution in [2.45, 2.75) is 12.5 Å². The van der Waals surface area contributed by atoms with Crippen molar-refractivity contribution < 1.29 is 4.79 Å². The summed E-state index contributed by atoms with van der Waals surface area (Å²) in [6, 6.07) is -0.0652. The standard InChI is InChI=1S/C9H19N3OS/c1-14-7-2-8(9(10)13)12-5-3-11-4-6-12/h8,11H,2-7H2,1H3,(H2,10,13). The molecule has 82 valence electrons. The van der Waals surface area contributed by atoms with Crippen molar-refractivity contribution in [2.24, 2.45) is 5.73 Å². The van der Waals surface area contributed by atoms with Gasteiger partial charge in [0.15, 0.2) is 0 Å². The van der Waals surface area contributed by atoms with Crippen LogP contribution in [0.25, 0.3) is 0 Å². The van der Waals surface area contributed by atoms with Crippen molar-refractivity contribution in [1.29, 1.82) is 0 Å². The highest BCUT2D eigenvalue weighted by molar-refractivity contribution is 7.98. The van der Waals surface area contributed by atoms with Crippen LogP contribution in [-0.2, 0) is 4.79 Å². The molecule has 0 aliphatic carbocycles. The summed E-state index contributed by atoms with van der Waals surface area (Å²) < 4.78 is 0. The summed E-state index contributed by atoms with van der Waals surface area (Å²) in [5.41, 5.74) is 5.40. The minimum atomic E-state index is -0.180. The van der Waals surface area contributed by atoms with Gasteiger partial charge in [-0.2, -0.15) is 11.8 Å². The summed E-state index contributed by atoms with van der Waals surface area (Å²) in [6.45, 7) is 3.79. The van der Waals surface area contributed by atoms with Gasteiger partial charge >= 0.3 is 0 Å². The van der Waals surface area contributed by atoms with E-state index in [0.717, 1.165) is 38.4 Å². The largest absolute Gasteiger partial charge is 0.368 e. The topological polar surface area (TPSA) is 58.4 Å². The van der Waals surface area contributed by atoms with Crippen LogP contribution in [0.5, 0.6) is 0 Å². The smallest absolute Gasteiger partial charge is 0.234 e. The number of primary amides is 1. The van der Waals surface area contributed by atoms with Crippen molar-refractivity contribution >= 4 is 17.7 Å². The Morgan fingerprint density at radius 2 is 2.21 bits per heavy atom. The van der Waals surface area contributed by atoms with Gasteiger partial charge in [0.2, 0.25) is 5.91 Å². The van der Waals surface area contributed by atoms with Gasteiger partial charge in [-0.3, -0.25) is 9.69 Å². The predicted molar refractivity (Wildman–Crippen MR) is 60.4 cm³/mol. The first-order valence-corrected chi connectivity index (χ1v) is 6.38. The van der Waals surface area contributed by atoms with Crippen molar-refractivity contribution in [3.05, 3.63) is 0 Å². The zero-order chi connectivity index (χ0) is 10.4. The Balaban J connectivity index is 2.43. The molecule has 4 nitrogen and oxygen atoms in total. The first kappa shape index (κ1) is 11.8. The zero-order valence-corrected chi connectivity index (χ0v) is 9.48. The molecule has 1 fully saturated rings. The number of hydrogen-bond donors (Lipinski definition) is 2. The van der Waals surface area contributed by atoms with Gasteiger partial charge in [-0.25, -0.2) is 0 Å². The molecule has 1 aliphatic rings. The molecule has 1 unspecified atom stereocenters. The third-order valence-electron chi connectivity index (χ3n) is 2.52. The number of thioether (sulfide) groups is 1. The second-order valence-corrected chi connectivity index (χ2v) is 4.47. The lowest BCUT2D eigenvalue weighted by Crippen LogP contribution is -2.53. The third kappa shape index (κ3) is 3.48. The van der Waals surface area contributed by atoms with E-state index in [4.69, 9.17) is 5.73 Å². The van der Waals surface area contributed by atoms with Crippen LogP contribution in [-0.4, -0.2) is 55.0 Å². The van der Waals surface area contributed by atoms with E-state index >= 15 is 0 Å². The third-order valence-corrected chi connectivity index (χ3v) is 3.16. The van der Waals surface area contributed by atoms with Crippen LogP contribution in [0.15, 0.2) is 0 Å². The molecule has 0 aromatic carbocycles. The average molecular weight is 217 g/mol. The summed E-state index contributed by atoms with van der Waals surface area (Å²) in [5, 5.41) is 3.27. The highest BCUT2D eigenvalue weighted by Gasteiger charge is 2.24. The molecule has 0 saturated carbocycles. The van der Waals surface area contributed by atoms with E-state index in [-0.39, 0.29) is 11.9 Å². The van der Waals surface area contributed by atoms with E-state index in [1.54, 1.807) is 11.8 Å². The summed E-state index contributed by atoms with van der Waals surface area (Å²) in [5.74, 6) is 0.818. The second kappa shape index (κ2) is 6.27. The minimum Gasteiger partial charge on any atom is -0.368 e. The fourth-order valence-electron chi connectivity index (χ4n) is 1.73. The maximum absolute atomic E-state index is 11.3. The van der Waals surface area contributed by atoms with E-state index in [1.165, 1.54) is 0 Å². The van der Waals surface area contributed by atoms with E-state index < -0.39 is 0 Å². The quantitative estimate of drug-likeness (QED) is 0.652. The lowest BCUT2D eigenvalue weighted by molar-refractivity contribution is -0.123. The highest BCUT2D eigenvalue weighted by Crippen LogP contribution is 2.08. The Hall–Kier alpha value is -0.260. The average Bonchev–Trinajstić information content (AvgIpc) is 2.19. The summed E-state index contributed by atoms with van der Waals surface area (Å²) in [6.07, 6.45) is 2.92. The van der Waals surface area contributed by atoms with Crippen LogP contribution in [0.2, 0.25) is 0 Å².